The molecule has 1 aliphatic heterocycles. The fourth-order valence-electron chi connectivity index (χ4n) is 5.63. The Hall–Kier alpha value is -3.35. The van der Waals surface area contributed by atoms with Crippen molar-refractivity contribution in [1.82, 2.24) is 14.0 Å². The van der Waals surface area contributed by atoms with Crippen LogP contribution in [0.4, 0.5) is 0 Å². The molecule has 0 amide bonds. The van der Waals surface area contributed by atoms with Crippen molar-refractivity contribution in [1.29, 1.82) is 0 Å². The number of hydrogen-bond donors (Lipinski definition) is 0. The minimum Gasteiger partial charge on any atom is -0.485 e. The zero-order valence-corrected chi connectivity index (χ0v) is 22.8. The van der Waals surface area contributed by atoms with Crippen LogP contribution in [-0.4, -0.2) is 47.4 Å². The summed E-state index contributed by atoms with van der Waals surface area (Å²) >= 11 is 0. The van der Waals surface area contributed by atoms with Crippen molar-refractivity contribution in [2.24, 2.45) is 0 Å². The summed E-state index contributed by atoms with van der Waals surface area (Å²) < 4.78 is 15.8. The molecule has 1 unspecified atom stereocenters. The van der Waals surface area contributed by atoms with Crippen LogP contribution in [0.15, 0.2) is 77.6 Å². The molecule has 1 aromatic heterocycles. The summed E-state index contributed by atoms with van der Waals surface area (Å²) in [7, 11) is 1.68. The first-order valence-corrected chi connectivity index (χ1v) is 13.7. The lowest BCUT2D eigenvalue weighted by atomic mass is 10.0. The molecule has 4 aromatic rings. The Morgan fingerprint density at radius 3 is 2.34 bits per heavy atom. The smallest absolute Gasteiger partial charge is 0.329 e. The predicted molar refractivity (Wildman–Crippen MR) is 153 cm³/mol. The third kappa shape index (κ3) is 5.71. The Bertz CT molecular complexity index is 1400. The number of aromatic nitrogens is 2. The van der Waals surface area contributed by atoms with E-state index in [9.17, 15) is 4.79 Å². The summed E-state index contributed by atoms with van der Waals surface area (Å²) in [5.74, 6) is 0.960. The van der Waals surface area contributed by atoms with Crippen molar-refractivity contribution in [3.05, 3.63) is 100.0 Å². The number of likely N-dealkylation sites (tertiary alicyclic amines) is 1. The SMILES string of the molecule is COCCn1c(=O)n(C2CCN(CCC(Oc3cc(C)ccc3C)c3ccccc3)CC2)c2ccccc21. The molecule has 200 valence electrons. The molecule has 0 radical (unpaired) electrons. The third-order valence-electron chi connectivity index (χ3n) is 7.80. The molecule has 2 heterocycles. The third-order valence-corrected chi connectivity index (χ3v) is 7.80. The minimum atomic E-state index is -0.00389. The number of piperidine rings is 1. The second-order valence-electron chi connectivity index (χ2n) is 10.4. The quantitative estimate of drug-likeness (QED) is 0.264. The van der Waals surface area contributed by atoms with Crippen LogP contribution in [0.2, 0.25) is 0 Å². The Labute approximate surface area is 225 Å². The van der Waals surface area contributed by atoms with Crippen LogP contribution in [0.25, 0.3) is 11.0 Å². The molecule has 6 nitrogen and oxygen atoms in total. The van der Waals surface area contributed by atoms with E-state index in [2.05, 4.69) is 73.3 Å². The number of rotatable bonds is 10. The first-order chi connectivity index (χ1) is 18.5. The van der Waals surface area contributed by atoms with Crippen LogP contribution in [0, 0.1) is 13.8 Å². The monoisotopic (exact) mass is 513 g/mol. The van der Waals surface area contributed by atoms with Gasteiger partial charge in [-0.3, -0.25) is 9.13 Å². The fraction of sp³-hybridized carbons (Fsp3) is 0.406. The summed E-state index contributed by atoms with van der Waals surface area (Å²) in [6.45, 7) is 8.22. The van der Waals surface area contributed by atoms with Crippen molar-refractivity contribution in [3.63, 3.8) is 0 Å². The molecule has 1 aliphatic rings. The highest BCUT2D eigenvalue weighted by Gasteiger charge is 2.26. The van der Waals surface area contributed by atoms with Crippen molar-refractivity contribution in [2.75, 3.05) is 33.4 Å². The molecule has 1 atom stereocenters. The topological polar surface area (TPSA) is 48.6 Å². The van der Waals surface area contributed by atoms with Gasteiger partial charge >= 0.3 is 5.69 Å². The standard InChI is InChI=1S/C32H39N3O3/c1-24-13-14-25(2)31(23-24)38-30(26-9-5-4-6-10-26)17-20-33-18-15-27(16-19-33)35-29-12-8-7-11-28(29)34(32(35)36)21-22-37-3/h4-14,23,27,30H,15-22H2,1-3H3. The van der Waals surface area contributed by atoms with Crippen molar-refractivity contribution >= 4 is 11.0 Å². The average Bonchev–Trinajstić information content (AvgIpc) is 3.23. The summed E-state index contributed by atoms with van der Waals surface area (Å²) in [5, 5.41) is 0. The molecule has 6 heteroatoms. The Balaban J connectivity index is 1.27. The van der Waals surface area contributed by atoms with E-state index in [1.807, 2.05) is 27.3 Å². The van der Waals surface area contributed by atoms with E-state index >= 15 is 0 Å². The zero-order valence-electron chi connectivity index (χ0n) is 22.8. The van der Waals surface area contributed by atoms with Gasteiger partial charge in [0.25, 0.3) is 0 Å². The maximum atomic E-state index is 13.4. The summed E-state index contributed by atoms with van der Waals surface area (Å²) in [4.78, 5) is 15.9. The lowest BCUT2D eigenvalue weighted by Gasteiger charge is -2.33. The summed E-state index contributed by atoms with van der Waals surface area (Å²) in [6.07, 6.45) is 2.84. The van der Waals surface area contributed by atoms with Crippen LogP contribution in [0.5, 0.6) is 5.75 Å². The maximum Gasteiger partial charge on any atom is 0.329 e. The van der Waals surface area contributed by atoms with Crippen molar-refractivity contribution in [2.45, 2.75) is 51.8 Å². The first kappa shape index (κ1) is 26.3. The number of hydrogen-bond acceptors (Lipinski definition) is 4. The van der Waals surface area contributed by atoms with Gasteiger partial charge in [-0.15, -0.1) is 0 Å². The number of para-hydroxylation sites is 2. The van der Waals surface area contributed by atoms with E-state index in [-0.39, 0.29) is 17.8 Å². The van der Waals surface area contributed by atoms with Gasteiger partial charge in [-0.1, -0.05) is 54.6 Å². The average molecular weight is 514 g/mol. The van der Waals surface area contributed by atoms with E-state index < -0.39 is 0 Å². The number of fused-ring (bicyclic) bond motifs is 1. The molecule has 1 fully saturated rings. The Morgan fingerprint density at radius 2 is 1.61 bits per heavy atom. The van der Waals surface area contributed by atoms with Gasteiger partial charge in [0.15, 0.2) is 0 Å². The lowest BCUT2D eigenvalue weighted by molar-refractivity contribution is 0.138. The van der Waals surface area contributed by atoms with Gasteiger partial charge in [-0.2, -0.15) is 0 Å². The van der Waals surface area contributed by atoms with E-state index in [0.717, 1.165) is 61.2 Å². The van der Waals surface area contributed by atoms with E-state index in [0.29, 0.717) is 13.2 Å². The number of aryl methyl sites for hydroxylation is 2. The lowest BCUT2D eigenvalue weighted by Crippen LogP contribution is -2.39. The van der Waals surface area contributed by atoms with Gasteiger partial charge in [0.05, 0.1) is 24.2 Å². The highest BCUT2D eigenvalue weighted by Crippen LogP contribution is 2.30. The van der Waals surface area contributed by atoms with Crippen LogP contribution >= 0.6 is 0 Å². The van der Waals surface area contributed by atoms with Crippen LogP contribution < -0.4 is 10.4 Å². The van der Waals surface area contributed by atoms with Crippen LogP contribution in [0.3, 0.4) is 0 Å². The second-order valence-corrected chi connectivity index (χ2v) is 10.4. The Kier molecular flexibility index (Phi) is 8.30. The molecule has 38 heavy (non-hydrogen) atoms. The van der Waals surface area contributed by atoms with Crippen LogP contribution in [-0.2, 0) is 11.3 Å². The van der Waals surface area contributed by atoms with E-state index in [4.69, 9.17) is 9.47 Å². The molecule has 0 aliphatic carbocycles. The van der Waals surface area contributed by atoms with Crippen molar-refractivity contribution in [3.8, 4) is 5.75 Å². The predicted octanol–water partition coefficient (Wildman–Crippen LogP) is 5.91. The van der Waals surface area contributed by atoms with Gasteiger partial charge in [0.1, 0.15) is 11.9 Å². The molecule has 0 spiro atoms. The van der Waals surface area contributed by atoms with Gasteiger partial charge in [0.2, 0.25) is 0 Å². The zero-order chi connectivity index (χ0) is 26.5. The highest BCUT2D eigenvalue weighted by molar-refractivity contribution is 5.76. The molecular formula is C32H39N3O3. The Morgan fingerprint density at radius 1 is 0.895 bits per heavy atom. The largest absolute Gasteiger partial charge is 0.485 e. The van der Waals surface area contributed by atoms with Gasteiger partial charge in [-0.25, -0.2) is 4.79 Å². The van der Waals surface area contributed by atoms with E-state index in [1.165, 1.54) is 11.1 Å². The highest BCUT2D eigenvalue weighted by atomic mass is 16.5. The summed E-state index contributed by atoms with van der Waals surface area (Å²) in [6, 6.07) is 25.3. The molecular weight excluding hydrogens is 474 g/mol. The number of nitrogens with zero attached hydrogens (tertiary/aromatic N) is 3. The van der Waals surface area contributed by atoms with Gasteiger partial charge in [-0.05, 0) is 61.6 Å². The normalized spacial score (nSPS) is 15.7. The molecule has 0 N–H and O–H groups in total. The first-order valence-electron chi connectivity index (χ1n) is 13.7. The van der Waals surface area contributed by atoms with Crippen LogP contribution in [0.1, 0.15) is 48.1 Å². The maximum absolute atomic E-state index is 13.4. The number of methoxy groups -OCH3 is 1. The molecule has 5 rings (SSSR count). The van der Waals surface area contributed by atoms with Gasteiger partial charge < -0.3 is 14.4 Å². The fourth-order valence-corrected chi connectivity index (χ4v) is 5.63. The van der Waals surface area contributed by atoms with Crippen molar-refractivity contribution < 1.29 is 9.47 Å². The van der Waals surface area contributed by atoms with E-state index in [1.54, 1.807) is 7.11 Å². The number of benzene rings is 3. The molecule has 3 aromatic carbocycles. The molecule has 0 bridgehead atoms. The second kappa shape index (κ2) is 12.0. The molecule has 1 saturated heterocycles. The number of ether oxygens (including phenoxy) is 2. The minimum absolute atomic E-state index is 0.00389. The summed E-state index contributed by atoms with van der Waals surface area (Å²) in [5.41, 5.74) is 5.67. The molecule has 0 saturated carbocycles. The number of imidazole rings is 1. The van der Waals surface area contributed by atoms with Gasteiger partial charge in [0, 0.05) is 39.2 Å².